The number of hydrazone groups is 1. The minimum absolute atomic E-state index is 0.0343. The molecule has 39 heavy (non-hydrogen) atoms. The number of nitrogens with one attached hydrogen (secondary N) is 2. The molecule has 3 N–H and O–H groups in total. The van der Waals surface area contributed by atoms with Crippen LogP contribution >= 0.6 is 0 Å². The number of hydrogen-bond acceptors (Lipinski definition) is 9. The fourth-order valence-corrected chi connectivity index (χ4v) is 4.36. The largest absolute Gasteiger partial charge is 0.508 e. The lowest BCUT2D eigenvalue weighted by molar-refractivity contribution is 0.0798. The zero-order valence-electron chi connectivity index (χ0n) is 21.8. The highest BCUT2D eigenvalue weighted by atomic mass is 19.1. The maximum atomic E-state index is 14.6. The number of pyridine rings is 1. The molecule has 1 unspecified atom stereocenters. The molecule has 0 radical (unpaired) electrons. The first-order chi connectivity index (χ1) is 19.0. The molecule has 0 amide bonds. The molecule has 5 rings (SSSR count). The second kappa shape index (κ2) is 11.9. The Bertz CT molecular complexity index is 1430. The molecular weight excluding hydrogens is 497 g/mol. The summed E-state index contributed by atoms with van der Waals surface area (Å²) in [5.41, 5.74) is 7.09. The van der Waals surface area contributed by atoms with Crippen molar-refractivity contribution in [2.75, 3.05) is 35.4 Å². The summed E-state index contributed by atoms with van der Waals surface area (Å²) >= 11 is 0. The summed E-state index contributed by atoms with van der Waals surface area (Å²) in [7, 11) is 0. The number of aromatic hydroxyl groups is 1. The van der Waals surface area contributed by atoms with E-state index in [1.165, 1.54) is 0 Å². The Balaban J connectivity index is 1.19. The Hall–Kier alpha value is -4.57. The summed E-state index contributed by atoms with van der Waals surface area (Å²) in [5, 5.41) is 17.2. The molecule has 0 saturated carbocycles. The zero-order valence-corrected chi connectivity index (χ0v) is 21.8. The van der Waals surface area contributed by atoms with Gasteiger partial charge in [0.25, 0.3) is 0 Å². The van der Waals surface area contributed by atoms with E-state index in [0.717, 1.165) is 28.7 Å². The van der Waals surface area contributed by atoms with Gasteiger partial charge in [-0.1, -0.05) is 38.1 Å². The maximum absolute atomic E-state index is 14.6. The number of hydrogen-bond donors (Lipinski definition) is 3. The van der Waals surface area contributed by atoms with Crippen LogP contribution in [0.3, 0.4) is 0 Å². The Morgan fingerprint density at radius 3 is 2.62 bits per heavy atom. The summed E-state index contributed by atoms with van der Waals surface area (Å²) in [5.74, 6) is 0.483. The molecule has 0 spiro atoms. The number of nitrogens with zero attached hydrogens (tertiary/aromatic N) is 5. The normalized spacial score (nSPS) is 15.6. The first-order valence-corrected chi connectivity index (χ1v) is 12.7. The SMILES string of the molecule is CC(C)C1COCCN1c1nc(N/N=C/c2ccc(Nc3ccc(-c4cccc(O)c4)cc3)cn2)ncc1F. The number of phenolic OH excluding ortho intramolecular Hbond substituents is 1. The van der Waals surface area contributed by atoms with Gasteiger partial charge in [-0.25, -0.2) is 14.8 Å². The first kappa shape index (κ1) is 26.1. The van der Waals surface area contributed by atoms with Crippen molar-refractivity contribution in [3.63, 3.8) is 0 Å². The lowest BCUT2D eigenvalue weighted by atomic mass is 10.0. The predicted octanol–water partition coefficient (Wildman–Crippen LogP) is 5.43. The number of morpholine rings is 1. The molecule has 0 bridgehead atoms. The Kier molecular flexibility index (Phi) is 7.93. The van der Waals surface area contributed by atoms with E-state index in [9.17, 15) is 9.50 Å². The molecule has 1 saturated heterocycles. The van der Waals surface area contributed by atoms with Crippen LogP contribution in [0.1, 0.15) is 19.5 Å². The van der Waals surface area contributed by atoms with Crippen molar-refractivity contribution in [3.05, 3.63) is 84.6 Å². The van der Waals surface area contributed by atoms with E-state index in [4.69, 9.17) is 4.74 Å². The van der Waals surface area contributed by atoms with Crippen LogP contribution in [0, 0.1) is 11.7 Å². The number of phenols is 1. The number of rotatable bonds is 8. The van der Waals surface area contributed by atoms with Crippen LogP contribution in [0.4, 0.5) is 27.5 Å². The van der Waals surface area contributed by atoms with E-state index in [0.29, 0.717) is 25.5 Å². The third-order valence-electron chi connectivity index (χ3n) is 6.43. The van der Waals surface area contributed by atoms with Gasteiger partial charge in [0.05, 0.1) is 49.2 Å². The molecule has 1 aliphatic rings. The van der Waals surface area contributed by atoms with Gasteiger partial charge in [-0.2, -0.15) is 10.1 Å². The molecule has 2 aromatic carbocycles. The van der Waals surface area contributed by atoms with Crippen LogP contribution in [-0.4, -0.2) is 52.1 Å². The van der Waals surface area contributed by atoms with Gasteiger partial charge in [-0.3, -0.25) is 4.98 Å². The van der Waals surface area contributed by atoms with E-state index >= 15 is 0 Å². The van der Waals surface area contributed by atoms with Gasteiger partial charge in [-0.15, -0.1) is 0 Å². The van der Waals surface area contributed by atoms with E-state index in [1.54, 1.807) is 24.5 Å². The molecule has 0 aliphatic carbocycles. The Morgan fingerprint density at radius 2 is 1.87 bits per heavy atom. The second-order valence-electron chi connectivity index (χ2n) is 9.54. The van der Waals surface area contributed by atoms with Crippen LogP contribution in [0.25, 0.3) is 11.1 Å². The van der Waals surface area contributed by atoms with Gasteiger partial charge in [0, 0.05) is 12.2 Å². The fourth-order valence-electron chi connectivity index (χ4n) is 4.36. The van der Waals surface area contributed by atoms with Crippen LogP contribution in [0.2, 0.25) is 0 Å². The monoisotopic (exact) mass is 527 g/mol. The highest BCUT2D eigenvalue weighted by Crippen LogP contribution is 2.27. The summed E-state index contributed by atoms with van der Waals surface area (Å²) in [4.78, 5) is 14.7. The van der Waals surface area contributed by atoms with E-state index in [2.05, 4.69) is 44.6 Å². The molecule has 9 nitrogen and oxygen atoms in total. The van der Waals surface area contributed by atoms with Gasteiger partial charge in [0.15, 0.2) is 11.6 Å². The molecule has 200 valence electrons. The molecule has 10 heteroatoms. The molecule has 2 aromatic heterocycles. The standard InChI is InChI=1S/C29H30FN7O2/c1-19(2)27-18-39-13-12-37(27)28-26(30)17-32-29(35-28)36-33-16-23-10-11-24(15-31-23)34-22-8-6-20(7-9-22)21-4-3-5-25(38)14-21/h3-11,14-17,19,27,34,38H,12-13,18H2,1-2H3,(H,32,35,36)/b33-16+. The third kappa shape index (κ3) is 6.47. The predicted molar refractivity (Wildman–Crippen MR) is 151 cm³/mol. The Labute approximate surface area is 226 Å². The minimum atomic E-state index is -0.476. The van der Waals surface area contributed by atoms with E-state index < -0.39 is 5.82 Å². The molecule has 1 aliphatic heterocycles. The van der Waals surface area contributed by atoms with Crippen molar-refractivity contribution in [3.8, 4) is 16.9 Å². The zero-order chi connectivity index (χ0) is 27.2. The molecule has 4 aromatic rings. The lowest BCUT2D eigenvalue weighted by Gasteiger charge is -2.38. The van der Waals surface area contributed by atoms with E-state index in [-0.39, 0.29) is 29.5 Å². The minimum Gasteiger partial charge on any atom is -0.508 e. The highest BCUT2D eigenvalue weighted by Gasteiger charge is 2.29. The second-order valence-corrected chi connectivity index (χ2v) is 9.54. The van der Waals surface area contributed by atoms with Crippen LogP contribution in [0.15, 0.2) is 78.2 Å². The molecule has 3 heterocycles. The van der Waals surface area contributed by atoms with E-state index in [1.807, 2.05) is 53.4 Å². The van der Waals surface area contributed by atoms with Crippen molar-refractivity contribution in [2.45, 2.75) is 19.9 Å². The van der Waals surface area contributed by atoms with Crippen molar-refractivity contribution >= 4 is 29.4 Å². The summed E-state index contributed by atoms with van der Waals surface area (Å²) in [6, 6.07) is 18.8. The van der Waals surface area contributed by atoms with Crippen LogP contribution in [0.5, 0.6) is 5.75 Å². The Morgan fingerprint density at radius 1 is 1.05 bits per heavy atom. The van der Waals surface area contributed by atoms with Gasteiger partial charge in [0.1, 0.15) is 5.75 Å². The van der Waals surface area contributed by atoms with Gasteiger partial charge < -0.3 is 20.1 Å². The average molecular weight is 528 g/mol. The van der Waals surface area contributed by atoms with Crippen LogP contribution < -0.4 is 15.6 Å². The summed E-state index contributed by atoms with van der Waals surface area (Å²) in [6.07, 6.45) is 4.41. The van der Waals surface area contributed by atoms with Crippen molar-refractivity contribution < 1.29 is 14.2 Å². The average Bonchev–Trinajstić information content (AvgIpc) is 2.95. The topological polar surface area (TPSA) is 108 Å². The number of ether oxygens (including phenoxy) is 1. The van der Waals surface area contributed by atoms with Gasteiger partial charge >= 0.3 is 0 Å². The lowest BCUT2D eigenvalue weighted by Crippen LogP contribution is -2.49. The van der Waals surface area contributed by atoms with Crippen molar-refractivity contribution in [1.29, 1.82) is 0 Å². The number of halogens is 1. The molecular formula is C29H30FN7O2. The van der Waals surface area contributed by atoms with Crippen LogP contribution in [-0.2, 0) is 4.74 Å². The number of benzene rings is 2. The number of anilines is 4. The smallest absolute Gasteiger partial charge is 0.245 e. The van der Waals surface area contributed by atoms with Gasteiger partial charge in [-0.05, 0) is 53.4 Å². The highest BCUT2D eigenvalue weighted by molar-refractivity contribution is 5.78. The van der Waals surface area contributed by atoms with Gasteiger partial charge in [0.2, 0.25) is 5.95 Å². The summed E-state index contributed by atoms with van der Waals surface area (Å²) in [6.45, 7) is 5.78. The quantitative estimate of drug-likeness (QED) is 0.206. The van der Waals surface area contributed by atoms with Crippen molar-refractivity contribution in [2.24, 2.45) is 11.0 Å². The number of aromatic nitrogens is 3. The fraction of sp³-hybridized carbons (Fsp3) is 0.241. The third-order valence-corrected chi connectivity index (χ3v) is 6.43. The van der Waals surface area contributed by atoms with Crippen molar-refractivity contribution in [1.82, 2.24) is 15.0 Å². The summed E-state index contributed by atoms with van der Waals surface area (Å²) < 4.78 is 20.2. The maximum Gasteiger partial charge on any atom is 0.245 e. The molecule has 1 atom stereocenters. The molecule has 1 fully saturated rings. The first-order valence-electron chi connectivity index (χ1n) is 12.7.